The molecule has 5 heteroatoms. The van der Waals surface area contributed by atoms with Crippen molar-refractivity contribution >= 4 is 11.5 Å². The molecule has 5 nitrogen and oxygen atoms in total. The lowest BCUT2D eigenvalue weighted by Gasteiger charge is -2.32. The molecule has 98 valence electrons. The van der Waals surface area contributed by atoms with E-state index in [0.717, 1.165) is 24.4 Å². The highest BCUT2D eigenvalue weighted by Gasteiger charge is 2.22. The lowest BCUT2D eigenvalue weighted by molar-refractivity contribution is 0.295. The van der Waals surface area contributed by atoms with Crippen molar-refractivity contribution in [2.24, 2.45) is 7.05 Å². The van der Waals surface area contributed by atoms with Crippen molar-refractivity contribution in [3.05, 3.63) is 5.69 Å². The van der Waals surface area contributed by atoms with Gasteiger partial charge >= 0.3 is 0 Å². The SMILES string of the molecule is CCC(CC)N(CCO)c1c(N)c(C)nn1C. The Morgan fingerprint density at radius 2 is 2.00 bits per heavy atom. The monoisotopic (exact) mass is 240 g/mol. The van der Waals surface area contributed by atoms with E-state index in [4.69, 9.17) is 5.73 Å². The normalized spacial score (nSPS) is 11.2. The summed E-state index contributed by atoms with van der Waals surface area (Å²) in [4.78, 5) is 2.16. The maximum Gasteiger partial charge on any atom is 0.150 e. The number of nitrogen functional groups attached to an aromatic ring is 1. The van der Waals surface area contributed by atoms with Gasteiger partial charge in [-0.1, -0.05) is 13.8 Å². The van der Waals surface area contributed by atoms with Crippen molar-refractivity contribution in [3.63, 3.8) is 0 Å². The molecule has 0 saturated heterocycles. The molecule has 0 aliphatic carbocycles. The summed E-state index contributed by atoms with van der Waals surface area (Å²) in [6.45, 7) is 6.93. The van der Waals surface area contributed by atoms with Crippen LogP contribution in [0.1, 0.15) is 32.4 Å². The van der Waals surface area contributed by atoms with Gasteiger partial charge in [0.05, 0.1) is 18.0 Å². The number of nitrogens with zero attached hydrogens (tertiary/aromatic N) is 3. The highest BCUT2D eigenvalue weighted by atomic mass is 16.3. The molecule has 0 aromatic carbocycles. The molecule has 1 aromatic rings. The van der Waals surface area contributed by atoms with E-state index in [1.807, 2.05) is 14.0 Å². The van der Waals surface area contributed by atoms with Crippen LogP contribution in [0.15, 0.2) is 0 Å². The Bertz CT molecular complexity index is 358. The van der Waals surface area contributed by atoms with Crippen LogP contribution in [0.3, 0.4) is 0 Å². The molecule has 0 bridgehead atoms. The standard InChI is InChI=1S/C12H24N4O/c1-5-10(6-2)16(7-8-17)12-11(13)9(3)14-15(12)4/h10,17H,5-8,13H2,1-4H3. The Morgan fingerprint density at radius 3 is 2.35 bits per heavy atom. The van der Waals surface area contributed by atoms with Gasteiger partial charge in [0.2, 0.25) is 0 Å². The number of hydrogen-bond acceptors (Lipinski definition) is 4. The molecule has 0 fully saturated rings. The average Bonchev–Trinajstić information content (AvgIpc) is 2.54. The van der Waals surface area contributed by atoms with Crippen molar-refractivity contribution in [1.82, 2.24) is 9.78 Å². The van der Waals surface area contributed by atoms with Gasteiger partial charge in [-0.15, -0.1) is 0 Å². The molecule has 0 aliphatic rings. The number of aromatic nitrogens is 2. The molecular formula is C12H24N4O. The van der Waals surface area contributed by atoms with E-state index in [1.165, 1.54) is 0 Å². The predicted octanol–water partition coefficient (Wildman–Crippen LogP) is 1.30. The Balaban J connectivity index is 3.12. The van der Waals surface area contributed by atoms with Gasteiger partial charge in [0, 0.05) is 19.6 Å². The second-order valence-corrected chi connectivity index (χ2v) is 4.33. The number of hydrogen-bond donors (Lipinski definition) is 2. The van der Waals surface area contributed by atoms with Crippen LogP contribution >= 0.6 is 0 Å². The van der Waals surface area contributed by atoms with Crippen LogP contribution in [-0.4, -0.2) is 34.1 Å². The minimum absolute atomic E-state index is 0.125. The minimum atomic E-state index is 0.125. The number of rotatable bonds is 6. The molecular weight excluding hydrogens is 216 g/mol. The fourth-order valence-electron chi connectivity index (χ4n) is 2.30. The molecule has 3 N–H and O–H groups in total. The topological polar surface area (TPSA) is 67.3 Å². The number of anilines is 2. The van der Waals surface area contributed by atoms with Crippen LogP contribution in [0.25, 0.3) is 0 Å². The maximum atomic E-state index is 9.21. The zero-order valence-electron chi connectivity index (χ0n) is 11.3. The average molecular weight is 240 g/mol. The van der Waals surface area contributed by atoms with Crippen LogP contribution in [0.4, 0.5) is 11.5 Å². The molecule has 0 radical (unpaired) electrons. The molecule has 0 unspecified atom stereocenters. The van der Waals surface area contributed by atoms with E-state index in [1.54, 1.807) is 4.68 Å². The van der Waals surface area contributed by atoms with Crippen molar-refractivity contribution in [3.8, 4) is 0 Å². The molecule has 17 heavy (non-hydrogen) atoms. The first-order chi connectivity index (χ1) is 8.06. The third-order valence-corrected chi connectivity index (χ3v) is 3.23. The molecule has 1 heterocycles. The molecule has 0 atom stereocenters. The van der Waals surface area contributed by atoms with Crippen LogP contribution in [0.2, 0.25) is 0 Å². The lowest BCUT2D eigenvalue weighted by Crippen LogP contribution is -2.38. The molecule has 0 spiro atoms. The van der Waals surface area contributed by atoms with Crippen LogP contribution in [0.5, 0.6) is 0 Å². The number of aliphatic hydroxyl groups is 1. The van der Waals surface area contributed by atoms with Gasteiger partial charge < -0.3 is 15.7 Å². The Kier molecular flexibility index (Phi) is 4.81. The van der Waals surface area contributed by atoms with Gasteiger partial charge in [-0.2, -0.15) is 5.10 Å². The Labute approximate surface area is 103 Å². The van der Waals surface area contributed by atoms with E-state index in [9.17, 15) is 5.11 Å². The van der Waals surface area contributed by atoms with E-state index in [0.29, 0.717) is 18.3 Å². The summed E-state index contributed by atoms with van der Waals surface area (Å²) in [6.07, 6.45) is 2.06. The first-order valence-electron chi connectivity index (χ1n) is 6.23. The van der Waals surface area contributed by atoms with Gasteiger partial charge in [0.15, 0.2) is 5.82 Å². The van der Waals surface area contributed by atoms with Gasteiger partial charge in [-0.3, -0.25) is 4.68 Å². The van der Waals surface area contributed by atoms with Crippen molar-refractivity contribution in [2.45, 2.75) is 39.7 Å². The minimum Gasteiger partial charge on any atom is -0.395 e. The van der Waals surface area contributed by atoms with E-state index >= 15 is 0 Å². The predicted molar refractivity (Wildman–Crippen MR) is 71.2 cm³/mol. The summed E-state index contributed by atoms with van der Waals surface area (Å²) in [7, 11) is 1.89. The van der Waals surface area contributed by atoms with E-state index in [2.05, 4.69) is 23.8 Å². The number of aryl methyl sites for hydroxylation is 2. The van der Waals surface area contributed by atoms with Crippen LogP contribution < -0.4 is 10.6 Å². The lowest BCUT2D eigenvalue weighted by atomic mass is 10.1. The van der Waals surface area contributed by atoms with Gasteiger partial charge in [0.25, 0.3) is 0 Å². The third-order valence-electron chi connectivity index (χ3n) is 3.23. The third kappa shape index (κ3) is 2.72. The molecule has 1 rings (SSSR count). The maximum absolute atomic E-state index is 9.21. The van der Waals surface area contributed by atoms with Crippen molar-refractivity contribution in [2.75, 3.05) is 23.8 Å². The summed E-state index contributed by atoms with van der Waals surface area (Å²) >= 11 is 0. The van der Waals surface area contributed by atoms with Crippen molar-refractivity contribution < 1.29 is 5.11 Å². The fraction of sp³-hybridized carbons (Fsp3) is 0.750. The van der Waals surface area contributed by atoms with E-state index in [-0.39, 0.29) is 6.61 Å². The molecule has 0 aliphatic heterocycles. The summed E-state index contributed by atoms with van der Waals surface area (Å²) in [6, 6.07) is 0.388. The Hall–Kier alpha value is -1.23. The summed E-state index contributed by atoms with van der Waals surface area (Å²) in [5.41, 5.74) is 7.63. The van der Waals surface area contributed by atoms with Gasteiger partial charge in [0.1, 0.15) is 0 Å². The molecule has 0 saturated carbocycles. The number of nitrogens with two attached hydrogens (primary N) is 1. The first kappa shape index (κ1) is 13.8. The van der Waals surface area contributed by atoms with Crippen molar-refractivity contribution in [1.29, 1.82) is 0 Å². The number of aliphatic hydroxyl groups excluding tert-OH is 1. The highest BCUT2D eigenvalue weighted by Crippen LogP contribution is 2.28. The largest absolute Gasteiger partial charge is 0.395 e. The summed E-state index contributed by atoms with van der Waals surface area (Å²) < 4.78 is 1.80. The fourth-order valence-corrected chi connectivity index (χ4v) is 2.30. The zero-order valence-corrected chi connectivity index (χ0v) is 11.3. The van der Waals surface area contributed by atoms with Gasteiger partial charge in [-0.05, 0) is 19.8 Å². The van der Waals surface area contributed by atoms with Crippen LogP contribution in [0, 0.1) is 6.92 Å². The van der Waals surface area contributed by atoms with Gasteiger partial charge in [-0.25, -0.2) is 0 Å². The highest BCUT2D eigenvalue weighted by molar-refractivity contribution is 5.66. The quantitative estimate of drug-likeness (QED) is 0.786. The second kappa shape index (κ2) is 5.91. The summed E-state index contributed by atoms with van der Waals surface area (Å²) in [5.74, 6) is 0.922. The smallest absolute Gasteiger partial charge is 0.150 e. The first-order valence-corrected chi connectivity index (χ1v) is 6.23. The Morgan fingerprint density at radius 1 is 1.41 bits per heavy atom. The van der Waals surface area contributed by atoms with Crippen LogP contribution in [-0.2, 0) is 7.05 Å². The van der Waals surface area contributed by atoms with E-state index < -0.39 is 0 Å². The molecule has 0 amide bonds. The second-order valence-electron chi connectivity index (χ2n) is 4.33. The molecule has 1 aromatic heterocycles. The summed E-state index contributed by atoms with van der Waals surface area (Å²) in [5, 5.41) is 13.5. The zero-order chi connectivity index (χ0) is 13.0.